The summed E-state index contributed by atoms with van der Waals surface area (Å²) in [6.45, 7) is 0. The molecule has 0 aliphatic rings. The standard InChI is InChI=1S/C9H12BrNO3S/c1-15(13,14)11-8-4-2-7(3-5-8)9(12)6-10/h2-5,9,11-12H,6H2,1H3/t9-/m1/s1. The van der Waals surface area contributed by atoms with Crippen molar-refractivity contribution in [1.82, 2.24) is 0 Å². The summed E-state index contributed by atoms with van der Waals surface area (Å²) in [6.07, 6.45) is 0.520. The largest absolute Gasteiger partial charge is 0.388 e. The fourth-order valence-corrected chi connectivity index (χ4v) is 2.01. The minimum Gasteiger partial charge on any atom is -0.388 e. The molecule has 1 rings (SSSR count). The SMILES string of the molecule is CS(=O)(=O)Nc1ccc([C@H](O)CBr)cc1. The summed E-state index contributed by atoms with van der Waals surface area (Å²) in [5.41, 5.74) is 1.23. The number of aliphatic hydroxyl groups is 1. The van der Waals surface area contributed by atoms with E-state index in [4.69, 9.17) is 0 Å². The molecule has 4 nitrogen and oxygen atoms in total. The molecule has 15 heavy (non-hydrogen) atoms. The zero-order valence-corrected chi connectivity index (χ0v) is 10.5. The highest BCUT2D eigenvalue weighted by Gasteiger charge is 2.06. The number of sulfonamides is 1. The van der Waals surface area contributed by atoms with Crippen molar-refractivity contribution in [2.45, 2.75) is 6.10 Å². The van der Waals surface area contributed by atoms with Gasteiger partial charge in [-0.1, -0.05) is 28.1 Å². The van der Waals surface area contributed by atoms with Crippen molar-refractivity contribution >= 4 is 31.6 Å². The number of alkyl halides is 1. The molecule has 0 spiro atoms. The number of benzene rings is 1. The molecule has 0 aliphatic heterocycles. The van der Waals surface area contributed by atoms with Crippen LogP contribution in [0.1, 0.15) is 11.7 Å². The van der Waals surface area contributed by atoms with E-state index in [1.54, 1.807) is 24.3 Å². The molecular weight excluding hydrogens is 282 g/mol. The van der Waals surface area contributed by atoms with Crippen LogP contribution in [0.25, 0.3) is 0 Å². The van der Waals surface area contributed by atoms with Gasteiger partial charge in [-0.3, -0.25) is 4.72 Å². The molecule has 0 amide bonds. The third kappa shape index (κ3) is 4.19. The van der Waals surface area contributed by atoms with Crippen LogP contribution in [0.4, 0.5) is 5.69 Å². The maximum atomic E-state index is 10.9. The zero-order chi connectivity index (χ0) is 11.5. The average Bonchev–Trinajstić information content (AvgIpc) is 2.15. The number of nitrogens with one attached hydrogen (secondary N) is 1. The Balaban J connectivity index is 2.81. The highest BCUT2D eigenvalue weighted by molar-refractivity contribution is 9.09. The van der Waals surface area contributed by atoms with E-state index in [2.05, 4.69) is 20.7 Å². The normalized spacial score (nSPS) is 13.5. The molecule has 0 radical (unpaired) electrons. The fraction of sp³-hybridized carbons (Fsp3) is 0.333. The van der Waals surface area contributed by atoms with E-state index in [-0.39, 0.29) is 0 Å². The topological polar surface area (TPSA) is 66.4 Å². The van der Waals surface area contributed by atoms with Crippen molar-refractivity contribution in [2.24, 2.45) is 0 Å². The Morgan fingerprint density at radius 3 is 2.33 bits per heavy atom. The summed E-state index contributed by atoms with van der Waals surface area (Å²) in [5.74, 6) is 0. The maximum absolute atomic E-state index is 10.9. The minimum absolute atomic E-state index is 0.450. The molecule has 6 heteroatoms. The van der Waals surface area contributed by atoms with Crippen molar-refractivity contribution in [3.05, 3.63) is 29.8 Å². The van der Waals surface area contributed by atoms with Gasteiger partial charge >= 0.3 is 0 Å². The van der Waals surface area contributed by atoms with Crippen molar-refractivity contribution in [1.29, 1.82) is 0 Å². The number of anilines is 1. The Kier molecular flexibility index (Phi) is 4.12. The lowest BCUT2D eigenvalue weighted by Gasteiger charge is -2.08. The van der Waals surface area contributed by atoms with Gasteiger partial charge in [-0.25, -0.2) is 8.42 Å². The lowest BCUT2D eigenvalue weighted by Crippen LogP contribution is -2.09. The number of hydrogen-bond donors (Lipinski definition) is 2. The van der Waals surface area contributed by atoms with Crippen molar-refractivity contribution in [3.63, 3.8) is 0 Å². The summed E-state index contributed by atoms with van der Waals surface area (Å²) in [4.78, 5) is 0. The summed E-state index contributed by atoms with van der Waals surface area (Å²) in [6, 6.07) is 6.59. The highest BCUT2D eigenvalue weighted by Crippen LogP contribution is 2.18. The molecule has 0 fully saturated rings. The van der Waals surface area contributed by atoms with Gasteiger partial charge in [0.25, 0.3) is 0 Å². The summed E-state index contributed by atoms with van der Waals surface area (Å²) < 4.78 is 24.2. The quantitative estimate of drug-likeness (QED) is 0.827. The van der Waals surface area contributed by atoms with E-state index >= 15 is 0 Å². The third-order valence-electron chi connectivity index (χ3n) is 1.74. The molecule has 0 bridgehead atoms. The van der Waals surface area contributed by atoms with E-state index in [0.717, 1.165) is 11.8 Å². The number of aliphatic hydroxyl groups excluding tert-OH is 1. The summed E-state index contributed by atoms with van der Waals surface area (Å²) in [5, 5.41) is 9.92. The van der Waals surface area contributed by atoms with Gasteiger partial charge in [0.05, 0.1) is 12.4 Å². The van der Waals surface area contributed by atoms with Gasteiger partial charge in [0.1, 0.15) is 0 Å². The number of rotatable bonds is 4. The lowest BCUT2D eigenvalue weighted by molar-refractivity contribution is 0.205. The number of hydrogen-bond acceptors (Lipinski definition) is 3. The van der Waals surface area contributed by atoms with Crippen molar-refractivity contribution in [3.8, 4) is 0 Å². The van der Waals surface area contributed by atoms with Gasteiger partial charge < -0.3 is 5.11 Å². The van der Waals surface area contributed by atoms with Crippen LogP contribution < -0.4 is 4.72 Å². The van der Waals surface area contributed by atoms with Crippen LogP contribution in [0.15, 0.2) is 24.3 Å². The second-order valence-electron chi connectivity index (χ2n) is 3.17. The van der Waals surface area contributed by atoms with Crippen LogP contribution in [0, 0.1) is 0 Å². The monoisotopic (exact) mass is 293 g/mol. The van der Waals surface area contributed by atoms with E-state index in [0.29, 0.717) is 11.0 Å². The van der Waals surface area contributed by atoms with Crippen LogP contribution in [-0.4, -0.2) is 25.1 Å². The second kappa shape index (κ2) is 4.96. The van der Waals surface area contributed by atoms with Crippen LogP contribution in [0.3, 0.4) is 0 Å². The van der Waals surface area contributed by atoms with Gasteiger partial charge in [0.2, 0.25) is 10.0 Å². The molecule has 0 unspecified atom stereocenters. The van der Waals surface area contributed by atoms with Gasteiger partial charge in [0.15, 0.2) is 0 Å². The zero-order valence-electron chi connectivity index (χ0n) is 8.14. The van der Waals surface area contributed by atoms with E-state index in [9.17, 15) is 13.5 Å². The second-order valence-corrected chi connectivity index (χ2v) is 5.56. The van der Waals surface area contributed by atoms with Crippen molar-refractivity contribution < 1.29 is 13.5 Å². The van der Waals surface area contributed by atoms with E-state index in [1.807, 2.05) is 0 Å². The van der Waals surface area contributed by atoms with Crippen LogP contribution in [0.2, 0.25) is 0 Å². The van der Waals surface area contributed by atoms with Gasteiger partial charge in [-0.2, -0.15) is 0 Å². The molecule has 0 heterocycles. The maximum Gasteiger partial charge on any atom is 0.229 e. The molecule has 1 atom stereocenters. The molecule has 84 valence electrons. The molecule has 0 aromatic heterocycles. The molecule has 0 saturated heterocycles. The van der Waals surface area contributed by atoms with Crippen LogP contribution in [0.5, 0.6) is 0 Å². The Hall–Kier alpha value is -0.590. The Morgan fingerprint density at radius 1 is 1.40 bits per heavy atom. The molecule has 0 saturated carbocycles. The van der Waals surface area contributed by atoms with Crippen LogP contribution >= 0.6 is 15.9 Å². The minimum atomic E-state index is -3.24. The van der Waals surface area contributed by atoms with Crippen LogP contribution in [-0.2, 0) is 10.0 Å². The Labute approximate surface area is 97.5 Å². The van der Waals surface area contributed by atoms with E-state index < -0.39 is 16.1 Å². The molecule has 1 aromatic carbocycles. The first-order chi connectivity index (χ1) is 6.92. The first-order valence-electron chi connectivity index (χ1n) is 4.24. The smallest absolute Gasteiger partial charge is 0.229 e. The Morgan fingerprint density at radius 2 is 1.93 bits per heavy atom. The van der Waals surface area contributed by atoms with E-state index in [1.165, 1.54) is 0 Å². The van der Waals surface area contributed by atoms with Gasteiger partial charge in [-0.05, 0) is 17.7 Å². The predicted octanol–water partition coefficient (Wildman–Crippen LogP) is 1.49. The Bertz CT molecular complexity index is 415. The first kappa shape index (κ1) is 12.5. The van der Waals surface area contributed by atoms with Gasteiger partial charge in [-0.15, -0.1) is 0 Å². The first-order valence-corrected chi connectivity index (χ1v) is 7.25. The summed E-state index contributed by atoms with van der Waals surface area (Å²) in [7, 11) is -3.24. The lowest BCUT2D eigenvalue weighted by atomic mass is 10.1. The third-order valence-corrected chi connectivity index (χ3v) is 2.96. The predicted molar refractivity (Wildman–Crippen MR) is 63.7 cm³/mol. The molecule has 0 aliphatic carbocycles. The highest BCUT2D eigenvalue weighted by atomic mass is 79.9. The van der Waals surface area contributed by atoms with Gasteiger partial charge in [0, 0.05) is 11.0 Å². The average molecular weight is 294 g/mol. The van der Waals surface area contributed by atoms with Crippen molar-refractivity contribution in [2.75, 3.05) is 16.3 Å². The molecular formula is C9H12BrNO3S. The number of halogens is 1. The summed E-state index contributed by atoms with van der Waals surface area (Å²) >= 11 is 3.16. The molecule has 1 aromatic rings. The molecule has 2 N–H and O–H groups in total. The fourth-order valence-electron chi connectivity index (χ4n) is 1.08.